The zero-order valence-corrected chi connectivity index (χ0v) is 20.0. The molecule has 0 fully saturated rings. The van der Waals surface area contributed by atoms with E-state index in [1.807, 2.05) is 0 Å². The maximum atomic E-state index is 12.7. The number of carbonyl (C=O) groups is 5. The van der Waals surface area contributed by atoms with Gasteiger partial charge in [-0.25, -0.2) is 4.79 Å². The van der Waals surface area contributed by atoms with Crippen LogP contribution in [0.2, 0.25) is 0 Å². The summed E-state index contributed by atoms with van der Waals surface area (Å²) in [4.78, 5) is 58.2. The average Bonchev–Trinajstić information content (AvgIpc) is 2.71. The van der Waals surface area contributed by atoms with Crippen LogP contribution in [0.1, 0.15) is 47.0 Å². The van der Waals surface area contributed by atoms with Crippen molar-refractivity contribution in [3.05, 3.63) is 0 Å². The Balaban J connectivity index is 4.32. The van der Waals surface area contributed by atoms with Crippen LogP contribution >= 0.6 is 0 Å². The smallest absolute Gasteiger partial charge is 0.312 e. The minimum Gasteiger partial charge on any atom is -0.379 e. The van der Waals surface area contributed by atoms with Gasteiger partial charge in [-0.3, -0.25) is 19.2 Å². The normalized spacial score (nSPS) is 12.5. The fourth-order valence-electron chi connectivity index (χ4n) is 2.72. The average molecular weight is 474 g/mol. The molecule has 0 saturated heterocycles. The summed E-state index contributed by atoms with van der Waals surface area (Å²) in [6.45, 7) is 8.26. The van der Waals surface area contributed by atoms with E-state index < -0.39 is 24.0 Å². The van der Waals surface area contributed by atoms with E-state index >= 15 is 0 Å². The number of hydrogen-bond acceptors (Lipinski definition) is 7. The van der Waals surface area contributed by atoms with E-state index in [1.54, 1.807) is 13.8 Å². The highest BCUT2D eigenvalue weighted by Crippen LogP contribution is 2.06. The molecule has 0 spiro atoms. The molecular formula is C21H39N5O7. The molecule has 2 atom stereocenters. The highest BCUT2D eigenvalue weighted by atomic mass is 16.5. The summed E-state index contributed by atoms with van der Waals surface area (Å²) in [5.74, 6) is -1.33. The van der Waals surface area contributed by atoms with Crippen molar-refractivity contribution in [2.45, 2.75) is 59.0 Å². The molecule has 0 aliphatic rings. The minimum absolute atomic E-state index is 0.0668. The van der Waals surface area contributed by atoms with Gasteiger partial charge in [0.15, 0.2) is 5.78 Å². The van der Waals surface area contributed by atoms with E-state index in [4.69, 9.17) is 15.2 Å². The highest BCUT2D eigenvalue weighted by molar-refractivity contribution is 5.92. The van der Waals surface area contributed by atoms with Gasteiger partial charge in [-0.2, -0.15) is 0 Å². The summed E-state index contributed by atoms with van der Waals surface area (Å²) < 4.78 is 10.6. The molecule has 0 aromatic carbocycles. The lowest BCUT2D eigenvalue weighted by Crippen LogP contribution is -2.53. The van der Waals surface area contributed by atoms with Gasteiger partial charge in [0, 0.05) is 26.4 Å². The highest BCUT2D eigenvalue weighted by Gasteiger charge is 2.27. The van der Waals surface area contributed by atoms with E-state index in [9.17, 15) is 24.0 Å². The second-order valence-electron chi connectivity index (χ2n) is 7.85. The van der Waals surface area contributed by atoms with E-state index in [0.29, 0.717) is 45.8 Å². The predicted octanol–water partition coefficient (Wildman–Crippen LogP) is -0.791. The van der Waals surface area contributed by atoms with Gasteiger partial charge >= 0.3 is 6.03 Å². The number of ketones is 1. The monoisotopic (exact) mass is 473 g/mol. The lowest BCUT2D eigenvalue weighted by Gasteiger charge is -2.24. The molecule has 0 rings (SSSR count). The standard InChI is InChI=1S/C21H39N5O7/c1-14(2)19(20(30)25-17(15(3)27)6-5-8-24-21(22)31)26-18(29)7-10-32-12-13-33-11-9-23-16(4)28/h14,17,19H,5-13H2,1-4H3,(H,23,28)(H,25,30)(H,26,29)(H3,22,24,31)/t17-,19-/m0/s1. The fourth-order valence-corrected chi connectivity index (χ4v) is 2.72. The van der Waals surface area contributed by atoms with Crippen molar-refractivity contribution >= 4 is 29.5 Å². The van der Waals surface area contributed by atoms with Crippen LogP contribution in [0.15, 0.2) is 0 Å². The summed E-state index contributed by atoms with van der Waals surface area (Å²) in [5, 5.41) is 10.4. The van der Waals surface area contributed by atoms with Gasteiger partial charge in [-0.05, 0) is 25.7 Å². The largest absolute Gasteiger partial charge is 0.379 e. The third-order valence-corrected chi connectivity index (χ3v) is 4.51. The van der Waals surface area contributed by atoms with Crippen molar-refractivity contribution in [2.24, 2.45) is 11.7 Å². The number of nitrogens with two attached hydrogens (primary N) is 1. The molecule has 12 heteroatoms. The Bertz CT molecular complexity index is 642. The first kappa shape index (κ1) is 30.3. The van der Waals surface area contributed by atoms with Gasteiger partial charge in [0.25, 0.3) is 0 Å². The molecule has 190 valence electrons. The molecule has 0 saturated carbocycles. The Morgan fingerprint density at radius 1 is 0.848 bits per heavy atom. The Morgan fingerprint density at radius 3 is 2.03 bits per heavy atom. The second kappa shape index (κ2) is 17.8. The second-order valence-corrected chi connectivity index (χ2v) is 7.85. The van der Waals surface area contributed by atoms with Gasteiger partial charge in [-0.1, -0.05) is 13.8 Å². The summed E-state index contributed by atoms with van der Waals surface area (Å²) in [5.41, 5.74) is 5.00. The molecule has 0 aromatic heterocycles. The SMILES string of the molecule is CC(=O)NCCOCCOCCC(=O)N[C@H](C(=O)N[C@@H](CCCNC(N)=O)C(C)=O)C(C)C. The van der Waals surface area contributed by atoms with Crippen molar-refractivity contribution in [1.29, 1.82) is 0 Å². The quantitative estimate of drug-likeness (QED) is 0.162. The van der Waals surface area contributed by atoms with E-state index in [0.717, 1.165) is 0 Å². The van der Waals surface area contributed by atoms with Crippen LogP contribution in [0.3, 0.4) is 0 Å². The molecule has 6 N–H and O–H groups in total. The van der Waals surface area contributed by atoms with Crippen LogP contribution in [-0.4, -0.2) is 81.1 Å². The topological polar surface area (TPSA) is 178 Å². The molecule has 0 aliphatic carbocycles. The number of carbonyl (C=O) groups excluding carboxylic acids is 5. The number of rotatable bonds is 18. The Morgan fingerprint density at radius 2 is 1.48 bits per heavy atom. The number of urea groups is 1. The molecule has 5 amide bonds. The Labute approximate surface area is 195 Å². The van der Waals surface area contributed by atoms with Gasteiger partial charge in [0.2, 0.25) is 17.7 Å². The van der Waals surface area contributed by atoms with E-state index in [1.165, 1.54) is 13.8 Å². The molecule has 0 unspecified atom stereocenters. The van der Waals surface area contributed by atoms with Crippen molar-refractivity contribution < 1.29 is 33.4 Å². The zero-order valence-electron chi connectivity index (χ0n) is 20.0. The van der Waals surface area contributed by atoms with Crippen LogP contribution in [0.25, 0.3) is 0 Å². The summed E-state index contributed by atoms with van der Waals surface area (Å²) in [6.07, 6.45) is 0.860. The third kappa shape index (κ3) is 16.5. The van der Waals surface area contributed by atoms with Crippen LogP contribution in [-0.2, 0) is 28.7 Å². The summed E-state index contributed by atoms with van der Waals surface area (Å²) >= 11 is 0. The maximum Gasteiger partial charge on any atom is 0.312 e. The number of amides is 5. The summed E-state index contributed by atoms with van der Waals surface area (Å²) in [6, 6.07) is -2.18. The molecule has 0 heterocycles. The number of ether oxygens (including phenoxy) is 2. The van der Waals surface area contributed by atoms with Crippen LogP contribution in [0, 0.1) is 5.92 Å². The lowest BCUT2D eigenvalue weighted by molar-refractivity contribution is -0.132. The van der Waals surface area contributed by atoms with Crippen LogP contribution in [0.5, 0.6) is 0 Å². The molecule has 0 radical (unpaired) electrons. The first-order chi connectivity index (χ1) is 15.5. The first-order valence-corrected chi connectivity index (χ1v) is 11.1. The molecule has 33 heavy (non-hydrogen) atoms. The Hall–Kier alpha value is -2.73. The first-order valence-electron chi connectivity index (χ1n) is 11.1. The van der Waals surface area contributed by atoms with Crippen molar-refractivity contribution in [3.63, 3.8) is 0 Å². The van der Waals surface area contributed by atoms with Crippen molar-refractivity contribution in [1.82, 2.24) is 21.3 Å². The zero-order chi connectivity index (χ0) is 25.2. The molecule has 12 nitrogen and oxygen atoms in total. The van der Waals surface area contributed by atoms with Crippen molar-refractivity contribution in [3.8, 4) is 0 Å². The Kier molecular flexibility index (Phi) is 16.3. The van der Waals surface area contributed by atoms with Gasteiger partial charge in [-0.15, -0.1) is 0 Å². The lowest BCUT2D eigenvalue weighted by atomic mass is 10.0. The number of Topliss-reactive ketones (excluding diaryl/α,β-unsaturated/α-hetero) is 1. The van der Waals surface area contributed by atoms with Crippen molar-refractivity contribution in [2.75, 3.05) is 39.5 Å². The molecule has 0 aromatic rings. The number of hydrogen-bond donors (Lipinski definition) is 5. The summed E-state index contributed by atoms with van der Waals surface area (Å²) in [7, 11) is 0. The van der Waals surface area contributed by atoms with Crippen LogP contribution in [0.4, 0.5) is 4.79 Å². The van der Waals surface area contributed by atoms with Crippen LogP contribution < -0.4 is 27.0 Å². The van der Waals surface area contributed by atoms with E-state index in [2.05, 4.69) is 21.3 Å². The molecular weight excluding hydrogens is 434 g/mol. The molecule has 0 aliphatic heterocycles. The third-order valence-electron chi connectivity index (χ3n) is 4.51. The maximum absolute atomic E-state index is 12.7. The van der Waals surface area contributed by atoms with Gasteiger partial charge in [0.05, 0.1) is 32.5 Å². The van der Waals surface area contributed by atoms with Gasteiger partial charge < -0.3 is 36.5 Å². The fraction of sp³-hybridized carbons (Fsp3) is 0.762. The molecule has 0 bridgehead atoms. The van der Waals surface area contributed by atoms with Gasteiger partial charge in [0.1, 0.15) is 6.04 Å². The minimum atomic E-state index is -0.805. The predicted molar refractivity (Wildman–Crippen MR) is 121 cm³/mol. The van der Waals surface area contributed by atoms with E-state index in [-0.39, 0.29) is 36.5 Å². The number of primary amides is 1. The number of nitrogens with one attached hydrogen (secondary N) is 4.